The first-order valence-corrected chi connectivity index (χ1v) is 7.32. The van der Waals surface area contributed by atoms with Crippen molar-refractivity contribution < 1.29 is 9.53 Å². The summed E-state index contributed by atoms with van der Waals surface area (Å²) in [5, 5.41) is 9.45. The van der Waals surface area contributed by atoms with Gasteiger partial charge in [0, 0.05) is 37.3 Å². The second kappa shape index (κ2) is 5.84. The predicted molar refractivity (Wildman–Crippen MR) is 77.8 cm³/mol. The Bertz CT molecular complexity index is 588. The Kier molecular flexibility index (Phi) is 3.91. The largest absolute Gasteiger partial charge is 0.379 e. The van der Waals surface area contributed by atoms with Gasteiger partial charge in [-0.3, -0.25) is 9.69 Å². The molecule has 0 saturated carbocycles. The van der Waals surface area contributed by atoms with Crippen LogP contribution in [-0.2, 0) is 4.74 Å². The van der Waals surface area contributed by atoms with E-state index in [1.165, 1.54) is 0 Å². The van der Waals surface area contributed by atoms with Crippen molar-refractivity contribution in [1.82, 2.24) is 9.80 Å². The lowest BCUT2D eigenvalue weighted by atomic mass is 10.0. The normalized spacial score (nSPS) is 22.2. The number of morpholine rings is 1. The van der Waals surface area contributed by atoms with Crippen molar-refractivity contribution in [1.29, 1.82) is 5.26 Å². The third-order valence-electron chi connectivity index (χ3n) is 4.19. The van der Waals surface area contributed by atoms with Gasteiger partial charge in [-0.05, 0) is 13.0 Å². The maximum absolute atomic E-state index is 12.5. The van der Waals surface area contributed by atoms with Gasteiger partial charge in [-0.1, -0.05) is 17.7 Å². The van der Waals surface area contributed by atoms with Gasteiger partial charge in [0.1, 0.15) is 6.04 Å². The number of aryl methyl sites for hydroxylation is 1. The highest BCUT2D eigenvalue weighted by molar-refractivity contribution is 5.99. The number of hydrogen-bond acceptors (Lipinski definition) is 4. The average molecular weight is 285 g/mol. The zero-order valence-corrected chi connectivity index (χ0v) is 12.2. The van der Waals surface area contributed by atoms with E-state index in [0.717, 1.165) is 44.0 Å². The van der Waals surface area contributed by atoms with Crippen LogP contribution in [-0.4, -0.2) is 55.1 Å². The molecule has 110 valence electrons. The highest BCUT2D eigenvalue weighted by atomic mass is 16.5. The van der Waals surface area contributed by atoms with E-state index < -0.39 is 6.04 Å². The molecule has 0 aromatic heterocycles. The van der Waals surface area contributed by atoms with Gasteiger partial charge < -0.3 is 9.64 Å². The zero-order valence-electron chi connectivity index (χ0n) is 12.2. The Balaban J connectivity index is 1.74. The molecule has 1 fully saturated rings. The molecule has 21 heavy (non-hydrogen) atoms. The summed E-state index contributed by atoms with van der Waals surface area (Å²) in [6.07, 6.45) is 0. The van der Waals surface area contributed by atoms with Crippen LogP contribution < -0.4 is 0 Å². The third-order valence-corrected chi connectivity index (χ3v) is 4.19. The standard InChI is InChI=1S/C16H19N3O2/c1-12-2-3-13-14(10-12)15(11-17)19(16(13)20)5-4-18-6-8-21-9-7-18/h2-3,10,15H,4-9H2,1H3. The maximum atomic E-state index is 12.5. The summed E-state index contributed by atoms with van der Waals surface area (Å²) < 4.78 is 5.32. The van der Waals surface area contributed by atoms with Crippen LogP contribution in [0, 0.1) is 18.3 Å². The lowest BCUT2D eigenvalue weighted by molar-refractivity contribution is 0.0320. The molecule has 0 aliphatic carbocycles. The topological polar surface area (TPSA) is 56.6 Å². The Hall–Kier alpha value is -1.90. The molecule has 2 heterocycles. The van der Waals surface area contributed by atoms with E-state index in [9.17, 15) is 10.1 Å². The number of amides is 1. The van der Waals surface area contributed by atoms with E-state index in [2.05, 4.69) is 11.0 Å². The number of nitrogens with zero attached hydrogens (tertiary/aromatic N) is 3. The minimum atomic E-state index is -0.451. The molecule has 1 atom stereocenters. The van der Waals surface area contributed by atoms with Gasteiger partial charge in [0.2, 0.25) is 0 Å². The van der Waals surface area contributed by atoms with Crippen LogP contribution >= 0.6 is 0 Å². The van der Waals surface area contributed by atoms with Crippen molar-refractivity contribution >= 4 is 5.91 Å². The van der Waals surface area contributed by atoms with Crippen LogP contribution in [0.4, 0.5) is 0 Å². The molecule has 3 rings (SSSR count). The van der Waals surface area contributed by atoms with Gasteiger partial charge in [0.25, 0.3) is 5.91 Å². The van der Waals surface area contributed by atoms with E-state index in [4.69, 9.17) is 4.74 Å². The molecular weight excluding hydrogens is 266 g/mol. The number of carbonyl (C=O) groups is 1. The van der Waals surface area contributed by atoms with Crippen LogP contribution in [0.15, 0.2) is 18.2 Å². The lowest BCUT2D eigenvalue weighted by Gasteiger charge is -2.29. The smallest absolute Gasteiger partial charge is 0.255 e. The molecule has 5 nitrogen and oxygen atoms in total. The van der Waals surface area contributed by atoms with E-state index in [-0.39, 0.29) is 5.91 Å². The molecule has 1 unspecified atom stereocenters. The summed E-state index contributed by atoms with van der Waals surface area (Å²) in [4.78, 5) is 16.5. The van der Waals surface area contributed by atoms with Gasteiger partial charge in [-0.2, -0.15) is 5.26 Å². The third kappa shape index (κ3) is 2.65. The Morgan fingerprint density at radius 3 is 2.81 bits per heavy atom. The fraction of sp³-hybridized carbons (Fsp3) is 0.500. The predicted octanol–water partition coefficient (Wildman–Crippen LogP) is 1.35. The molecule has 2 aliphatic heterocycles. The fourth-order valence-corrected chi connectivity index (χ4v) is 2.99. The number of ether oxygens (including phenoxy) is 1. The van der Waals surface area contributed by atoms with Crippen LogP contribution in [0.25, 0.3) is 0 Å². The van der Waals surface area contributed by atoms with Gasteiger partial charge in [0.15, 0.2) is 0 Å². The summed E-state index contributed by atoms with van der Waals surface area (Å²) >= 11 is 0. The van der Waals surface area contributed by atoms with Crippen molar-refractivity contribution in [2.75, 3.05) is 39.4 Å². The van der Waals surface area contributed by atoms with Crippen molar-refractivity contribution in [3.05, 3.63) is 34.9 Å². The Morgan fingerprint density at radius 2 is 2.10 bits per heavy atom. The van der Waals surface area contributed by atoms with E-state index >= 15 is 0 Å². The highest BCUT2D eigenvalue weighted by Gasteiger charge is 2.36. The fourth-order valence-electron chi connectivity index (χ4n) is 2.99. The summed E-state index contributed by atoms with van der Waals surface area (Å²) in [6.45, 7) is 6.64. The monoisotopic (exact) mass is 285 g/mol. The van der Waals surface area contributed by atoms with Crippen LogP contribution in [0.2, 0.25) is 0 Å². The first kappa shape index (κ1) is 14.1. The molecule has 1 saturated heterocycles. The molecular formula is C16H19N3O2. The number of fused-ring (bicyclic) bond motifs is 1. The lowest BCUT2D eigenvalue weighted by Crippen LogP contribution is -2.42. The van der Waals surface area contributed by atoms with Gasteiger partial charge in [0.05, 0.1) is 19.3 Å². The first-order valence-electron chi connectivity index (χ1n) is 7.32. The Labute approximate surface area is 124 Å². The number of rotatable bonds is 3. The summed E-state index contributed by atoms with van der Waals surface area (Å²) in [5.74, 6) is -0.0233. The molecule has 0 N–H and O–H groups in total. The second-order valence-electron chi connectivity index (χ2n) is 5.57. The molecule has 5 heteroatoms. The molecule has 1 aromatic rings. The quantitative estimate of drug-likeness (QED) is 0.841. The average Bonchev–Trinajstić information content (AvgIpc) is 2.77. The minimum absolute atomic E-state index is 0.0233. The molecule has 0 bridgehead atoms. The van der Waals surface area contributed by atoms with Crippen LogP contribution in [0.1, 0.15) is 27.5 Å². The number of carbonyl (C=O) groups excluding carboxylic acids is 1. The zero-order chi connectivity index (χ0) is 14.8. The highest BCUT2D eigenvalue weighted by Crippen LogP contribution is 2.33. The van der Waals surface area contributed by atoms with Crippen molar-refractivity contribution in [3.8, 4) is 6.07 Å². The SMILES string of the molecule is Cc1ccc2c(c1)C(C#N)N(CCN1CCOCC1)C2=O. The van der Waals surface area contributed by atoms with Crippen LogP contribution in [0.3, 0.4) is 0 Å². The van der Waals surface area contributed by atoms with Crippen LogP contribution in [0.5, 0.6) is 0 Å². The number of hydrogen-bond donors (Lipinski definition) is 0. The van der Waals surface area contributed by atoms with Gasteiger partial charge >= 0.3 is 0 Å². The summed E-state index contributed by atoms with van der Waals surface area (Å²) in [7, 11) is 0. The molecule has 0 radical (unpaired) electrons. The van der Waals surface area contributed by atoms with E-state index in [1.54, 1.807) is 4.90 Å². The molecule has 0 spiro atoms. The van der Waals surface area contributed by atoms with Crippen molar-refractivity contribution in [2.24, 2.45) is 0 Å². The molecule has 2 aliphatic rings. The number of nitriles is 1. The molecule has 1 aromatic carbocycles. The summed E-state index contributed by atoms with van der Waals surface area (Å²) in [6, 6.07) is 7.55. The van der Waals surface area contributed by atoms with E-state index in [0.29, 0.717) is 12.1 Å². The maximum Gasteiger partial charge on any atom is 0.255 e. The Morgan fingerprint density at radius 1 is 1.33 bits per heavy atom. The van der Waals surface area contributed by atoms with Crippen molar-refractivity contribution in [2.45, 2.75) is 13.0 Å². The van der Waals surface area contributed by atoms with Crippen molar-refractivity contribution in [3.63, 3.8) is 0 Å². The summed E-state index contributed by atoms with van der Waals surface area (Å²) in [5.41, 5.74) is 2.61. The molecule has 1 amide bonds. The first-order chi connectivity index (χ1) is 10.2. The van der Waals surface area contributed by atoms with Gasteiger partial charge in [-0.15, -0.1) is 0 Å². The second-order valence-corrected chi connectivity index (χ2v) is 5.57. The van der Waals surface area contributed by atoms with Gasteiger partial charge in [-0.25, -0.2) is 0 Å². The number of benzene rings is 1. The van der Waals surface area contributed by atoms with E-state index in [1.807, 2.05) is 25.1 Å². The minimum Gasteiger partial charge on any atom is -0.379 e.